The van der Waals surface area contributed by atoms with Crippen LogP contribution in [0.15, 0.2) is 0 Å². The summed E-state index contributed by atoms with van der Waals surface area (Å²) in [6, 6.07) is 0. The fourth-order valence-corrected chi connectivity index (χ4v) is 0.875. The Morgan fingerprint density at radius 1 is 1.00 bits per heavy atom. The summed E-state index contributed by atoms with van der Waals surface area (Å²) < 4.78 is 63.5. The summed E-state index contributed by atoms with van der Waals surface area (Å²) in [6.07, 6.45) is -8.76. The Bertz CT molecular complexity index is 317. The van der Waals surface area contributed by atoms with E-state index in [1.54, 1.807) is 0 Å². The third-order valence-corrected chi connectivity index (χ3v) is 2.11. The van der Waals surface area contributed by atoms with Gasteiger partial charge < -0.3 is 20.4 Å². The van der Waals surface area contributed by atoms with Gasteiger partial charge in [-0.3, -0.25) is 0 Å². The molecule has 3 N–H and O–H groups in total. The lowest BCUT2D eigenvalue weighted by atomic mass is 10.2. The van der Waals surface area contributed by atoms with Gasteiger partial charge in [-0.25, -0.2) is 9.59 Å². The molecule has 0 aromatic carbocycles. The van der Waals surface area contributed by atoms with E-state index in [2.05, 4.69) is 10.2 Å². The van der Waals surface area contributed by atoms with Crippen molar-refractivity contribution in [1.29, 1.82) is 0 Å². The van der Waals surface area contributed by atoms with Crippen molar-refractivity contribution in [1.82, 2.24) is 10.2 Å². The smallest absolute Gasteiger partial charge is 0.475 e. The number of hydrogen-bond acceptors (Lipinski definition) is 4. The molecule has 0 radical (unpaired) electrons. The van der Waals surface area contributed by atoms with E-state index in [-0.39, 0.29) is 0 Å². The van der Waals surface area contributed by atoms with Gasteiger partial charge in [-0.1, -0.05) is 0 Å². The number of nitrogens with zero attached hydrogens (tertiary/aromatic N) is 1. The minimum atomic E-state index is -5.08. The van der Waals surface area contributed by atoms with Crippen molar-refractivity contribution in [3.63, 3.8) is 0 Å². The minimum absolute atomic E-state index is 1.14. The highest BCUT2D eigenvalue weighted by Crippen LogP contribution is 2.13. The first-order chi connectivity index (χ1) is 9.82. The SMILES string of the molecule is CNCCN1CCC1.O=C(O)C(F)(F)F.O=C(O)C(F)(F)F. The number of nitrogens with one attached hydrogen (secondary N) is 1. The maximum Gasteiger partial charge on any atom is 0.490 e. The van der Waals surface area contributed by atoms with Crippen molar-refractivity contribution < 1.29 is 46.1 Å². The highest BCUT2D eigenvalue weighted by molar-refractivity contribution is 5.73. The number of carboxylic acid groups (broad SMARTS) is 2. The van der Waals surface area contributed by atoms with Gasteiger partial charge in [-0.05, 0) is 26.6 Å². The molecule has 1 rings (SSSR count). The van der Waals surface area contributed by atoms with Crippen LogP contribution in [0.5, 0.6) is 0 Å². The van der Waals surface area contributed by atoms with Gasteiger partial charge in [0.15, 0.2) is 0 Å². The zero-order valence-corrected chi connectivity index (χ0v) is 11.5. The van der Waals surface area contributed by atoms with Crippen molar-refractivity contribution >= 4 is 11.9 Å². The molecule has 132 valence electrons. The molecular formula is C10H16F6N2O4. The summed E-state index contributed by atoms with van der Waals surface area (Å²) in [5.74, 6) is -5.51. The van der Waals surface area contributed by atoms with Gasteiger partial charge in [0, 0.05) is 13.1 Å². The molecular weight excluding hydrogens is 326 g/mol. The van der Waals surface area contributed by atoms with Crippen LogP contribution in [0.25, 0.3) is 0 Å². The third-order valence-electron chi connectivity index (χ3n) is 2.11. The van der Waals surface area contributed by atoms with Crippen molar-refractivity contribution in [3.8, 4) is 0 Å². The molecule has 0 amide bonds. The highest BCUT2D eigenvalue weighted by atomic mass is 19.4. The van der Waals surface area contributed by atoms with E-state index in [0.717, 1.165) is 6.54 Å². The molecule has 0 spiro atoms. The molecule has 1 heterocycles. The molecule has 0 aliphatic carbocycles. The number of likely N-dealkylation sites (N-methyl/N-ethyl adjacent to an activating group) is 1. The molecule has 22 heavy (non-hydrogen) atoms. The van der Waals surface area contributed by atoms with Gasteiger partial charge in [0.1, 0.15) is 0 Å². The topological polar surface area (TPSA) is 89.9 Å². The first-order valence-corrected chi connectivity index (χ1v) is 5.79. The van der Waals surface area contributed by atoms with Gasteiger partial charge in [0.2, 0.25) is 0 Å². The number of hydrogen-bond donors (Lipinski definition) is 3. The van der Waals surface area contributed by atoms with Crippen LogP contribution < -0.4 is 5.32 Å². The maximum atomic E-state index is 10.6. The largest absolute Gasteiger partial charge is 0.490 e. The molecule has 1 saturated heterocycles. The molecule has 0 unspecified atom stereocenters. The second kappa shape index (κ2) is 10.2. The van der Waals surface area contributed by atoms with E-state index in [0.29, 0.717) is 0 Å². The summed E-state index contributed by atoms with van der Waals surface area (Å²) in [4.78, 5) is 20.2. The Labute approximate surface area is 121 Å². The summed E-state index contributed by atoms with van der Waals surface area (Å²) in [5, 5.41) is 17.4. The average Bonchev–Trinajstić information content (AvgIpc) is 2.26. The van der Waals surface area contributed by atoms with Crippen molar-refractivity contribution in [3.05, 3.63) is 0 Å². The van der Waals surface area contributed by atoms with Crippen molar-refractivity contribution in [2.75, 3.05) is 33.2 Å². The number of likely N-dealkylation sites (tertiary alicyclic amines) is 1. The van der Waals surface area contributed by atoms with E-state index in [4.69, 9.17) is 19.8 Å². The second-order valence-electron chi connectivity index (χ2n) is 3.90. The van der Waals surface area contributed by atoms with Crippen LogP contribution in [0, 0.1) is 0 Å². The third kappa shape index (κ3) is 13.4. The van der Waals surface area contributed by atoms with E-state index in [9.17, 15) is 26.3 Å². The van der Waals surface area contributed by atoms with Crippen LogP contribution in [0.4, 0.5) is 26.3 Å². The predicted octanol–water partition coefficient (Wildman–Crippen LogP) is 1.18. The van der Waals surface area contributed by atoms with Crippen molar-refractivity contribution in [2.45, 2.75) is 18.8 Å². The molecule has 0 atom stereocenters. The Kier molecular flexibility index (Phi) is 10.5. The number of halogens is 6. The van der Waals surface area contributed by atoms with Gasteiger partial charge in [0.25, 0.3) is 0 Å². The standard InChI is InChI=1S/C6H14N2.2C2HF3O2/c1-7-3-6-8-4-2-5-8;2*3-2(4,5)1(6)7/h7H,2-6H2,1H3;2*(H,6,7). The lowest BCUT2D eigenvalue weighted by Crippen LogP contribution is -2.40. The molecule has 1 aliphatic rings. The van der Waals surface area contributed by atoms with Crippen LogP contribution >= 0.6 is 0 Å². The van der Waals surface area contributed by atoms with Crippen LogP contribution in [-0.2, 0) is 9.59 Å². The van der Waals surface area contributed by atoms with Crippen LogP contribution in [-0.4, -0.2) is 72.6 Å². The fraction of sp³-hybridized carbons (Fsp3) is 0.800. The number of carboxylic acids is 2. The summed E-state index contributed by atoms with van der Waals surface area (Å²) in [6.45, 7) is 5.01. The lowest BCUT2D eigenvalue weighted by molar-refractivity contribution is -0.193. The molecule has 0 saturated carbocycles. The lowest BCUT2D eigenvalue weighted by Gasteiger charge is -2.30. The van der Waals surface area contributed by atoms with Crippen LogP contribution in [0.3, 0.4) is 0 Å². The summed E-state index contributed by atoms with van der Waals surface area (Å²) >= 11 is 0. The van der Waals surface area contributed by atoms with E-state index >= 15 is 0 Å². The number of aliphatic carboxylic acids is 2. The fourth-order valence-electron chi connectivity index (χ4n) is 0.875. The summed E-state index contributed by atoms with van der Waals surface area (Å²) in [7, 11) is 2.00. The van der Waals surface area contributed by atoms with E-state index < -0.39 is 24.3 Å². The zero-order valence-electron chi connectivity index (χ0n) is 11.5. The van der Waals surface area contributed by atoms with Gasteiger partial charge in [0.05, 0.1) is 0 Å². The Morgan fingerprint density at radius 3 is 1.45 bits per heavy atom. The molecule has 1 fully saturated rings. The quantitative estimate of drug-likeness (QED) is 0.668. The minimum Gasteiger partial charge on any atom is -0.475 e. The maximum absolute atomic E-state index is 10.6. The Hall–Kier alpha value is -1.56. The Balaban J connectivity index is 0. The second-order valence-corrected chi connectivity index (χ2v) is 3.90. The summed E-state index contributed by atoms with van der Waals surface area (Å²) in [5.41, 5.74) is 0. The first kappa shape index (κ1) is 22.7. The normalized spacial score (nSPS) is 14.7. The van der Waals surface area contributed by atoms with Gasteiger partial charge >= 0.3 is 24.3 Å². The van der Waals surface area contributed by atoms with E-state index in [1.165, 1.54) is 26.1 Å². The molecule has 0 aromatic rings. The average molecular weight is 342 g/mol. The molecule has 1 aliphatic heterocycles. The van der Waals surface area contributed by atoms with Gasteiger partial charge in [-0.15, -0.1) is 0 Å². The first-order valence-electron chi connectivity index (χ1n) is 5.79. The van der Waals surface area contributed by atoms with Crippen LogP contribution in [0.2, 0.25) is 0 Å². The molecule has 0 aromatic heterocycles. The van der Waals surface area contributed by atoms with Gasteiger partial charge in [-0.2, -0.15) is 26.3 Å². The van der Waals surface area contributed by atoms with Crippen LogP contribution in [0.1, 0.15) is 6.42 Å². The Morgan fingerprint density at radius 2 is 1.32 bits per heavy atom. The molecule has 0 bridgehead atoms. The monoisotopic (exact) mass is 342 g/mol. The number of carbonyl (C=O) groups is 2. The zero-order chi connectivity index (χ0) is 18.0. The highest BCUT2D eigenvalue weighted by Gasteiger charge is 2.38. The molecule has 12 heteroatoms. The number of alkyl halides is 6. The molecule has 6 nitrogen and oxygen atoms in total. The van der Waals surface area contributed by atoms with Crippen molar-refractivity contribution in [2.24, 2.45) is 0 Å². The number of rotatable bonds is 3. The van der Waals surface area contributed by atoms with E-state index in [1.807, 2.05) is 7.05 Å². The predicted molar refractivity (Wildman–Crippen MR) is 62.4 cm³/mol.